The summed E-state index contributed by atoms with van der Waals surface area (Å²) in [6.07, 6.45) is 0.388. The monoisotopic (exact) mass is 285 g/mol. The summed E-state index contributed by atoms with van der Waals surface area (Å²) in [6, 6.07) is 5.05. The number of carboxylic acid groups (broad SMARTS) is 1. The van der Waals surface area contributed by atoms with E-state index in [4.69, 9.17) is 5.11 Å². The number of carbonyl (C=O) groups is 1. The fraction of sp³-hybridized carbons (Fsp3) is 0.417. The number of rotatable bonds is 3. The SMILES string of the molecule is CC1(O)CCN(S(=O)(=O)c2ccc(C(=O)O)cc2)C1. The fourth-order valence-corrected chi connectivity index (χ4v) is 3.59. The highest BCUT2D eigenvalue weighted by molar-refractivity contribution is 7.89. The van der Waals surface area contributed by atoms with Crippen molar-refractivity contribution in [2.75, 3.05) is 13.1 Å². The van der Waals surface area contributed by atoms with Crippen LogP contribution in [-0.2, 0) is 10.0 Å². The van der Waals surface area contributed by atoms with E-state index in [-0.39, 0.29) is 23.5 Å². The van der Waals surface area contributed by atoms with Gasteiger partial charge in [0.15, 0.2) is 0 Å². The van der Waals surface area contributed by atoms with Gasteiger partial charge in [0, 0.05) is 13.1 Å². The van der Waals surface area contributed by atoms with Crippen LogP contribution in [0.25, 0.3) is 0 Å². The number of carboxylic acids is 1. The van der Waals surface area contributed by atoms with Gasteiger partial charge in [-0.3, -0.25) is 0 Å². The quantitative estimate of drug-likeness (QED) is 0.844. The summed E-state index contributed by atoms with van der Waals surface area (Å²) in [4.78, 5) is 10.7. The molecule has 1 fully saturated rings. The van der Waals surface area contributed by atoms with Crippen LogP contribution in [0.1, 0.15) is 23.7 Å². The van der Waals surface area contributed by atoms with Crippen molar-refractivity contribution in [2.24, 2.45) is 0 Å². The first kappa shape index (κ1) is 14.0. The van der Waals surface area contributed by atoms with Gasteiger partial charge in [-0.15, -0.1) is 0 Å². The molecule has 1 unspecified atom stereocenters. The Labute approximate surface area is 111 Å². The molecule has 1 saturated heterocycles. The predicted molar refractivity (Wildman–Crippen MR) is 67.4 cm³/mol. The number of β-amino-alcohol motifs (C(OH)–C–C–N with tert-alkyl or cyclic N) is 1. The first-order valence-corrected chi connectivity index (χ1v) is 7.22. The number of nitrogens with zero attached hydrogens (tertiary/aromatic N) is 1. The fourth-order valence-electron chi connectivity index (χ4n) is 2.03. The molecule has 0 aromatic heterocycles. The minimum Gasteiger partial charge on any atom is -0.478 e. The molecule has 0 amide bonds. The van der Waals surface area contributed by atoms with E-state index in [1.54, 1.807) is 6.92 Å². The lowest BCUT2D eigenvalue weighted by Crippen LogP contribution is -2.33. The second kappa shape index (κ2) is 4.59. The zero-order valence-electron chi connectivity index (χ0n) is 10.4. The molecule has 0 spiro atoms. The van der Waals surface area contributed by atoms with E-state index in [0.717, 1.165) is 0 Å². The summed E-state index contributed by atoms with van der Waals surface area (Å²) in [5, 5.41) is 18.6. The van der Waals surface area contributed by atoms with Gasteiger partial charge < -0.3 is 10.2 Å². The number of hydrogen-bond donors (Lipinski definition) is 2. The van der Waals surface area contributed by atoms with E-state index >= 15 is 0 Å². The zero-order chi connectivity index (χ0) is 14.3. The third kappa shape index (κ3) is 2.78. The van der Waals surface area contributed by atoms with Crippen LogP contribution in [0.3, 0.4) is 0 Å². The van der Waals surface area contributed by atoms with Gasteiger partial charge in [0.1, 0.15) is 0 Å². The minimum absolute atomic E-state index is 0.0346. The van der Waals surface area contributed by atoms with Gasteiger partial charge in [0.2, 0.25) is 10.0 Å². The Morgan fingerprint density at radius 3 is 2.32 bits per heavy atom. The first-order chi connectivity index (χ1) is 8.72. The van der Waals surface area contributed by atoms with Crippen LogP contribution in [0.15, 0.2) is 29.2 Å². The highest BCUT2D eigenvalue weighted by atomic mass is 32.2. The summed E-state index contributed by atoms with van der Waals surface area (Å²) in [6.45, 7) is 1.90. The average Bonchev–Trinajstić information content (AvgIpc) is 2.70. The van der Waals surface area contributed by atoms with Gasteiger partial charge in [0.05, 0.1) is 16.1 Å². The Hall–Kier alpha value is -1.44. The average molecular weight is 285 g/mol. The Morgan fingerprint density at radius 2 is 1.89 bits per heavy atom. The van der Waals surface area contributed by atoms with Crippen LogP contribution in [0, 0.1) is 0 Å². The van der Waals surface area contributed by atoms with E-state index in [1.165, 1.54) is 28.6 Å². The lowest BCUT2D eigenvalue weighted by atomic mass is 10.1. The van der Waals surface area contributed by atoms with Crippen LogP contribution in [0.5, 0.6) is 0 Å². The third-order valence-corrected chi connectivity index (χ3v) is 5.02. The van der Waals surface area contributed by atoms with Crippen LogP contribution >= 0.6 is 0 Å². The van der Waals surface area contributed by atoms with E-state index in [0.29, 0.717) is 6.42 Å². The van der Waals surface area contributed by atoms with Crippen molar-refractivity contribution in [3.8, 4) is 0 Å². The minimum atomic E-state index is -3.67. The molecule has 1 atom stereocenters. The van der Waals surface area contributed by atoms with E-state index < -0.39 is 21.6 Å². The molecule has 0 radical (unpaired) electrons. The maximum Gasteiger partial charge on any atom is 0.335 e. The van der Waals surface area contributed by atoms with Gasteiger partial charge in [-0.05, 0) is 37.6 Å². The topological polar surface area (TPSA) is 94.9 Å². The number of aromatic carboxylic acids is 1. The lowest BCUT2D eigenvalue weighted by molar-refractivity contribution is 0.0696. The molecule has 1 aromatic carbocycles. The van der Waals surface area contributed by atoms with Gasteiger partial charge >= 0.3 is 5.97 Å². The van der Waals surface area contributed by atoms with Crippen molar-refractivity contribution in [3.63, 3.8) is 0 Å². The van der Waals surface area contributed by atoms with Crippen molar-refractivity contribution < 1.29 is 23.4 Å². The summed E-state index contributed by atoms with van der Waals surface area (Å²) in [5.41, 5.74) is -0.971. The van der Waals surface area contributed by atoms with Crippen LogP contribution < -0.4 is 0 Å². The van der Waals surface area contributed by atoms with Gasteiger partial charge in [-0.25, -0.2) is 13.2 Å². The molecule has 0 bridgehead atoms. The summed E-state index contributed by atoms with van der Waals surface area (Å²) < 4.78 is 25.8. The van der Waals surface area contributed by atoms with Crippen molar-refractivity contribution in [2.45, 2.75) is 23.8 Å². The molecule has 1 heterocycles. The number of sulfonamides is 1. The molecule has 6 nitrogen and oxygen atoms in total. The Bertz CT molecular complexity index is 591. The van der Waals surface area contributed by atoms with Gasteiger partial charge in [-0.1, -0.05) is 0 Å². The summed E-state index contributed by atoms with van der Waals surface area (Å²) >= 11 is 0. The molecule has 19 heavy (non-hydrogen) atoms. The van der Waals surface area contributed by atoms with Crippen LogP contribution in [0.4, 0.5) is 0 Å². The summed E-state index contributed by atoms with van der Waals surface area (Å²) in [5.74, 6) is -1.10. The highest BCUT2D eigenvalue weighted by Crippen LogP contribution is 2.26. The number of benzene rings is 1. The molecular weight excluding hydrogens is 270 g/mol. The Kier molecular flexibility index (Phi) is 3.38. The van der Waals surface area contributed by atoms with Crippen LogP contribution in [-0.4, -0.2) is 47.6 Å². The third-order valence-electron chi connectivity index (χ3n) is 3.16. The molecule has 2 rings (SSSR count). The zero-order valence-corrected chi connectivity index (χ0v) is 11.2. The van der Waals surface area contributed by atoms with Crippen molar-refractivity contribution >= 4 is 16.0 Å². The van der Waals surface area contributed by atoms with Crippen molar-refractivity contribution in [1.29, 1.82) is 0 Å². The van der Waals surface area contributed by atoms with Gasteiger partial charge in [0.25, 0.3) is 0 Å². The first-order valence-electron chi connectivity index (χ1n) is 5.78. The molecule has 104 valence electrons. The molecule has 1 aliphatic heterocycles. The maximum absolute atomic E-state index is 12.3. The molecule has 1 aromatic rings. The van der Waals surface area contributed by atoms with Crippen LogP contribution in [0.2, 0.25) is 0 Å². The molecule has 0 saturated carbocycles. The second-order valence-electron chi connectivity index (χ2n) is 4.92. The van der Waals surface area contributed by atoms with Crippen molar-refractivity contribution in [3.05, 3.63) is 29.8 Å². The second-order valence-corrected chi connectivity index (χ2v) is 6.85. The van der Waals surface area contributed by atoms with Gasteiger partial charge in [-0.2, -0.15) is 4.31 Å². The predicted octanol–water partition coefficient (Wildman–Crippen LogP) is 0.530. The van der Waals surface area contributed by atoms with Crippen molar-refractivity contribution in [1.82, 2.24) is 4.31 Å². The Morgan fingerprint density at radius 1 is 1.32 bits per heavy atom. The largest absolute Gasteiger partial charge is 0.478 e. The lowest BCUT2D eigenvalue weighted by Gasteiger charge is -2.18. The molecule has 1 aliphatic rings. The molecular formula is C12H15NO5S. The van der Waals surface area contributed by atoms with E-state index in [1.807, 2.05) is 0 Å². The maximum atomic E-state index is 12.3. The van der Waals surface area contributed by atoms with E-state index in [9.17, 15) is 18.3 Å². The van der Waals surface area contributed by atoms with E-state index in [2.05, 4.69) is 0 Å². The number of hydrogen-bond acceptors (Lipinski definition) is 4. The molecule has 2 N–H and O–H groups in total. The Balaban J connectivity index is 2.28. The normalized spacial score (nSPS) is 24.5. The molecule has 0 aliphatic carbocycles. The summed E-state index contributed by atoms with van der Waals surface area (Å²) in [7, 11) is -3.67. The highest BCUT2D eigenvalue weighted by Gasteiger charge is 2.38. The molecule has 7 heteroatoms. The number of aliphatic hydroxyl groups is 1. The smallest absolute Gasteiger partial charge is 0.335 e. The standard InChI is InChI=1S/C12H15NO5S/c1-12(16)6-7-13(8-12)19(17,18)10-4-2-9(3-5-10)11(14)15/h2-5,16H,6-8H2,1H3,(H,14,15).